The highest BCUT2D eigenvalue weighted by Crippen LogP contribution is 2.46. The fourth-order valence-corrected chi connectivity index (χ4v) is 3.81. The number of benzene rings is 1. The zero-order valence-corrected chi connectivity index (χ0v) is 13.8. The summed E-state index contributed by atoms with van der Waals surface area (Å²) >= 11 is 8.45. The molecule has 2 atom stereocenters. The Labute approximate surface area is 133 Å². The molecule has 0 aromatic heterocycles. The van der Waals surface area contributed by atoms with Crippen LogP contribution >= 0.6 is 34.2 Å². The first-order chi connectivity index (χ1) is 9.10. The van der Waals surface area contributed by atoms with Crippen molar-refractivity contribution in [2.45, 2.75) is 43.7 Å². The summed E-state index contributed by atoms with van der Waals surface area (Å²) in [7, 11) is 0. The van der Waals surface area contributed by atoms with E-state index in [1.807, 2.05) is 6.07 Å². The van der Waals surface area contributed by atoms with Crippen LogP contribution in [0.5, 0.6) is 0 Å². The normalized spacial score (nSPS) is 27.0. The van der Waals surface area contributed by atoms with Gasteiger partial charge >= 0.3 is 0 Å². The van der Waals surface area contributed by atoms with Gasteiger partial charge in [-0.05, 0) is 78.3 Å². The van der Waals surface area contributed by atoms with Gasteiger partial charge in [0.05, 0.1) is 10.6 Å². The molecule has 1 aromatic rings. The molecule has 1 aliphatic heterocycles. The molecule has 1 heterocycles. The summed E-state index contributed by atoms with van der Waals surface area (Å²) in [6.45, 7) is 0.858. The minimum atomic E-state index is 0.0795. The van der Waals surface area contributed by atoms with E-state index in [4.69, 9.17) is 22.1 Å². The van der Waals surface area contributed by atoms with E-state index < -0.39 is 0 Å². The molecule has 3 rings (SSSR count). The highest BCUT2D eigenvalue weighted by Gasteiger charge is 2.43. The second-order valence-electron chi connectivity index (χ2n) is 5.84. The third-order valence-electron chi connectivity index (χ3n) is 4.63. The molecule has 1 saturated carbocycles. The smallest absolute Gasteiger partial charge is 0.0686 e. The zero-order chi connectivity index (χ0) is 13.5. The number of hydrogen-bond acceptors (Lipinski definition) is 2. The predicted octanol–water partition coefficient (Wildman–Crippen LogP) is 4.29. The Bertz CT molecular complexity index is 475. The molecule has 0 radical (unpaired) electrons. The number of rotatable bonds is 2. The van der Waals surface area contributed by atoms with Crippen LogP contribution in [-0.4, -0.2) is 12.2 Å². The molecule has 2 nitrogen and oxygen atoms in total. The quantitative estimate of drug-likeness (QED) is 0.763. The SMILES string of the molecule is NC(c1ccc(I)c(Cl)c1)C1CCOC2(CCC2)C1. The van der Waals surface area contributed by atoms with Crippen molar-refractivity contribution in [2.24, 2.45) is 11.7 Å². The van der Waals surface area contributed by atoms with E-state index in [0.717, 1.165) is 33.6 Å². The molecule has 1 aromatic carbocycles. The summed E-state index contributed by atoms with van der Waals surface area (Å²) in [5, 5.41) is 0.805. The summed E-state index contributed by atoms with van der Waals surface area (Å²) in [6.07, 6.45) is 5.90. The van der Waals surface area contributed by atoms with Gasteiger partial charge in [-0.25, -0.2) is 0 Å². The lowest BCUT2D eigenvalue weighted by atomic mass is 9.70. The first-order valence-electron chi connectivity index (χ1n) is 6.94. The summed E-state index contributed by atoms with van der Waals surface area (Å²) in [4.78, 5) is 0. The minimum Gasteiger partial charge on any atom is -0.375 e. The molecule has 2 fully saturated rings. The molecule has 104 valence electrons. The Morgan fingerprint density at radius 1 is 1.42 bits per heavy atom. The van der Waals surface area contributed by atoms with Gasteiger partial charge < -0.3 is 10.5 Å². The second kappa shape index (κ2) is 5.51. The van der Waals surface area contributed by atoms with Crippen LogP contribution < -0.4 is 5.73 Å². The average molecular weight is 392 g/mol. The highest BCUT2D eigenvalue weighted by atomic mass is 127. The fraction of sp³-hybridized carbons (Fsp3) is 0.600. The van der Waals surface area contributed by atoms with E-state index in [-0.39, 0.29) is 11.6 Å². The largest absolute Gasteiger partial charge is 0.375 e. The van der Waals surface area contributed by atoms with E-state index in [1.165, 1.54) is 19.3 Å². The van der Waals surface area contributed by atoms with E-state index >= 15 is 0 Å². The van der Waals surface area contributed by atoms with Gasteiger partial charge in [-0.1, -0.05) is 17.7 Å². The third-order valence-corrected chi connectivity index (χ3v) is 6.20. The van der Waals surface area contributed by atoms with Crippen molar-refractivity contribution in [3.05, 3.63) is 32.4 Å². The molecule has 4 heteroatoms. The van der Waals surface area contributed by atoms with Crippen molar-refractivity contribution in [1.29, 1.82) is 0 Å². The molecule has 1 aliphatic carbocycles. The Morgan fingerprint density at radius 3 is 2.84 bits per heavy atom. The van der Waals surface area contributed by atoms with E-state index in [1.54, 1.807) is 0 Å². The van der Waals surface area contributed by atoms with Gasteiger partial charge in [0.15, 0.2) is 0 Å². The Kier molecular flexibility index (Phi) is 4.09. The van der Waals surface area contributed by atoms with Crippen molar-refractivity contribution >= 4 is 34.2 Å². The number of ether oxygens (including phenoxy) is 1. The van der Waals surface area contributed by atoms with Crippen LogP contribution in [0.1, 0.15) is 43.7 Å². The van der Waals surface area contributed by atoms with Crippen LogP contribution in [0.4, 0.5) is 0 Å². The van der Waals surface area contributed by atoms with Crippen molar-refractivity contribution in [2.75, 3.05) is 6.61 Å². The topological polar surface area (TPSA) is 35.2 Å². The van der Waals surface area contributed by atoms with E-state index in [9.17, 15) is 0 Å². The van der Waals surface area contributed by atoms with Crippen LogP contribution in [0.15, 0.2) is 18.2 Å². The maximum absolute atomic E-state index is 6.47. The van der Waals surface area contributed by atoms with Gasteiger partial charge in [-0.15, -0.1) is 0 Å². The Hall–Kier alpha value is 0.160. The molecular formula is C15H19ClINO. The molecule has 0 bridgehead atoms. The minimum absolute atomic E-state index is 0.0795. The average Bonchev–Trinajstić information content (AvgIpc) is 2.39. The van der Waals surface area contributed by atoms with Crippen molar-refractivity contribution in [1.82, 2.24) is 0 Å². The number of nitrogens with two attached hydrogens (primary N) is 1. The lowest BCUT2D eigenvalue weighted by Crippen LogP contribution is -2.47. The number of halogens is 2. The summed E-state index contributed by atoms with van der Waals surface area (Å²) in [6, 6.07) is 6.27. The van der Waals surface area contributed by atoms with Crippen molar-refractivity contribution in [3.63, 3.8) is 0 Å². The molecular weight excluding hydrogens is 373 g/mol. The molecule has 0 amide bonds. The summed E-state index contributed by atoms with van der Waals surface area (Å²) in [5.41, 5.74) is 7.79. The first kappa shape index (κ1) is 14.1. The summed E-state index contributed by atoms with van der Waals surface area (Å²) < 4.78 is 7.06. The molecule has 19 heavy (non-hydrogen) atoms. The lowest BCUT2D eigenvalue weighted by molar-refractivity contribution is -0.146. The Morgan fingerprint density at radius 2 is 2.21 bits per heavy atom. The van der Waals surface area contributed by atoms with Crippen LogP contribution in [0, 0.1) is 9.49 Å². The number of hydrogen-bond donors (Lipinski definition) is 1. The fourth-order valence-electron chi connectivity index (χ4n) is 3.28. The van der Waals surface area contributed by atoms with Crippen molar-refractivity contribution < 1.29 is 4.74 Å². The molecule has 2 N–H and O–H groups in total. The van der Waals surface area contributed by atoms with Gasteiger partial charge in [0.1, 0.15) is 0 Å². The van der Waals surface area contributed by atoms with Gasteiger partial charge in [0.25, 0.3) is 0 Å². The second-order valence-corrected chi connectivity index (χ2v) is 7.41. The van der Waals surface area contributed by atoms with E-state index in [0.29, 0.717) is 5.92 Å². The third kappa shape index (κ3) is 2.80. The molecule has 1 spiro atoms. The van der Waals surface area contributed by atoms with E-state index in [2.05, 4.69) is 34.7 Å². The van der Waals surface area contributed by atoms with Crippen LogP contribution in [0.2, 0.25) is 5.02 Å². The van der Waals surface area contributed by atoms with Gasteiger partial charge in [-0.2, -0.15) is 0 Å². The van der Waals surface area contributed by atoms with Crippen LogP contribution in [0.3, 0.4) is 0 Å². The maximum atomic E-state index is 6.47. The van der Waals surface area contributed by atoms with Crippen LogP contribution in [-0.2, 0) is 4.74 Å². The molecule has 2 unspecified atom stereocenters. The van der Waals surface area contributed by atoms with Gasteiger partial charge in [0, 0.05) is 16.2 Å². The molecule has 2 aliphatic rings. The lowest BCUT2D eigenvalue weighted by Gasteiger charge is -2.48. The zero-order valence-electron chi connectivity index (χ0n) is 10.9. The standard InChI is InChI=1S/C15H19ClINO/c16-12-8-10(2-3-13(12)17)14(18)11-4-7-19-15(9-11)5-1-6-15/h2-3,8,11,14H,1,4-7,9,18H2. The predicted molar refractivity (Wildman–Crippen MR) is 86.4 cm³/mol. The van der Waals surface area contributed by atoms with Crippen LogP contribution in [0.25, 0.3) is 0 Å². The van der Waals surface area contributed by atoms with Gasteiger partial charge in [0.2, 0.25) is 0 Å². The highest BCUT2D eigenvalue weighted by molar-refractivity contribution is 14.1. The van der Waals surface area contributed by atoms with Crippen molar-refractivity contribution in [3.8, 4) is 0 Å². The Balaban J connectivity index is 1.75. The maximum Gasteiger partial charge on any atom is 0.0686 e. The molecule has 1 saturated heterocycles. The van der Waals surface area contributed by atoms with Gasteiger partial charge in [-0.3, -0.25) is 0 Å². The summed E-state index contributed by atoms with van der Waals surface area (Å²) in [5.74, 6) is 0.519. The first-order valence-corrected chi connectivity index (χ1v) is 8.40. The monoisotopic (exact) mass is 391 g/mol.